The Bertz CT molecular complexity index is 331. The zero-order valence-electron chi connectivity index (χ0n) is 8.84. The summed E-state index contributed by atoms with van der Waals surface area (Å²) in [6, 6.07) is -0.273. The lowest BCUT2D eigenvalue weighted by molar-refractivity contribution is -0.131. The van der Waals surface area contributed by atoms with E-state index in [9.17, 15) is 13.2 Å². The first-order valence-electron chi connectivity index (χ1n) is 4.61. The van der Waals surface area contributed by atoms with Crippen LogP contribution in [0.15, 0.2) is 0 Å². The predicted octanol–water partition coefficient (Wildman–Crippen LogP) is -0.599. The van der Waals surface area contributed by atoms with Crippen LogP contribution in [-0.4, -0.2) is 49.4 Å². The first kappa shape index (κ1) is 14.7. The van der Waals surface area contributed by atoms with E-state index < -0.39 is 15.1 Å². The molecule has 7 heteroatoms. The van der Waals surface area contributed by atoms with Crippen LogP contribution in [0.25, 0.3) is 0 Å². The number of sulfone groups is 1. The second-order valence-electron chi connectivity index (χ2n) is 3.60. The standard InChI is InChI=1S/C8H16N2O3S.ClH/c1-6-7(2)14(12,13)4-3-10(6)8(11)5-9;/h6-7H,3-5,9H2,1-2H3;1H. The molecule has 2 N–H and O–H groups in total. The van der Waals surface area contributed by atoms with Crippen molar-refractivity contribution >= 4 is 28.2 Å². The highest BCUT2D eigenvalue weighted by Gasteiger charge is 2.37. The number of amides is 1. The molecule has 1 aliphatic heterocycles. The number of hydrogen-bond acceptors (Lipinski definition) is 4. The fraction of sp³-hybridized carbons (Fsp3) is 0.875. The zero-order valence-corrected chi connectivity index (χ0v) is 10.5. The van der Waals surface area contributed by atoms with Gasteiger partial charge in [0.15, 0.2) is 9.84 Å². The number of carbonyl (C=O) groups excluding carboxylic acids is 1. The van der Waals surface area contributed by atoms with Gasteiger partial charge in [0.2, 0.25) is 5.91 Å². The average Bonchev–Trinajstić information content (AvgIpc) is 2.14. The van der Waals surface area contributed by atoms with Gasteiger partial charge in [-0.2, -0.15) is 0 Å². The van der Waals surface area contributed by atoms with Crippen LogP contribution in [0, 0.1) is 0 Å². The van der Waals surface area contributed by atoms with Gasteiger partial charge >= 0.3 is 0 Å². The van der Waals surface area contributed by atoms with Crippen molar-refractivity contribution in [1.29, 1.82) is 0 Å². The quantitative estimate of drug-likeness (QED) is 0.680. The average molecular weight is 257 g/mol. The summed E-state index contributed by atoms with van der Waals surface area (Å²) >= 11 is 0. The monoisotopic (exact) mass is 256 g/mol. The molecule has 0 aromatic rings. The Hall–Kier alpha value is -0.330. The molecule has 0 radical (unpaired) electrons. The third-order valence-corrected chi connectivity index (χ3v) is 5.13. The molecule has 0 saturated carbocycles. The Kier molecular flexibility index (Phi) is 5.02. The van der Waals surface area contributed by atoms with Crippen molar-refractivity contribution in [2.45, 2.75) is 25.1 Å². The molecule has 0 aromatic carbocycles. The largest absolute Gasteiger partial charge is 0.337 e. The van der Waals surface area contributed by atoms with Crippen LogP contribution in [-0.2, 0) is 14.6 Å². The Balaban J connectivity index is 0.00000196. The number of nitrogens with zero attached hydrogens (tertiary/aromatic N) is 1. The molecule has 0 aliphatic carbocycles. The number of halogens is 1. The normalized spacial score (nSPS) is 29.4. The Morgan fingerprint density at radius 1 is 1.47 bits per heavy atom. The van der Waals surface area contributed by atoms with Gasteiger partial charge in [-0.25, -0.2) is 8.42 Å². The van der Waals surface area contributed by atoms with Gasteiger partial charge in [0.25, 0.3) is 0 Å². The maximum absolute atomic E-state index is 11.5. The summed E-state index contributed by atoms with van der Waals surface area (Å²) in [5.41, 5.74) is 5.24. The zero-order chi connectivity index (χ0) is 10.9. The van der Waals surface area contributed by atoms with Crippen LogP contribution < -0.4 is 5.73 Å². The van der Waals surface area contributed by atoms with E-state index >= 15 is 0 Å². The van der Waals surface area contributed by atoms with E-state index in [2.05, 4.69) is 0 Å². The molecule has 1 amide bonds. The number of hydrogen-bond donors (Lipinski definition) is 1. The van der Waals surface area contributed by atoms with E-state index in [1.54, 1.807) is 18.7 Å². The summed E-state index contributed by atoms with van der Waals surface area (Å²) in [5.74, 6) is -0.135. The van der Waals surface area contributed by atoms with Gasteiger partial charge in [-0.05, 0) is 13.8 Å². The SMILES string of the molecule is CC1C(C)S(=O)(=O)CCN1C(=O)CN.Cl. The molecule has 0 aromatic heterocycles. The predicted molar refractivity (Wildman–Crippen MR) is 60.7 cm³/mol. The molecule has 1 heterocycles. The second kappa shape index (κ2) is 5.14. The fourth-order valence-corrected chi connectivity index (χ4v) is 3.21. The van der Waals surface area contributed by atoms with E-state index in [0.29, 0.717) is 0 Å². The lowest BCUT2D eigenvalue weighted by Gasteiger charge is -2.37. The van der Waals surface area contributed by atoms with Crippen LogP contribution >= 0.6 is 12.4 Å². The van der Waals surface area contributed by atoms with Crippen LogP contribution in [0.4, 0.5) is 0 Å². The van der Waals surface area contributed by atoms with E-state index in [1.807, 2.05) is 0 Å². The Morgan fingerprint density at radius 2 is 2.00 bits per heavy atom. The smallest absolute Gasteiger partial charge is 0.236 e. The topological polar surface area (TPSA) is 80.5 Å². The van der Waals surface area contributed by atoms with Gasteiger partial charge < -0.3 is 10.6 Å². The molecule has 2 atom stereocenters. The summed E-state index contributed by atoms with van der Waals surface area (Å²) in [6.07, 6.45) is 0. The van der Waals surface area contributed by atoms with Crippen molar-refractivity contribution in [1.82, 2.24) is 4.90 Å². The Labute approximate surface area is 96.3 Å². The minimum atomic E-state index is -3.02. The highest BCUT2D eigenvalue weighted by molar-refractivity contribution is 7.92. The first-order valence-corrected chi connectivity index (χ1v) is 6.33. The molecule has 0 spiro atoms. The van der Waals surface area contributed by atoms with Gasteiger partial charge in [-0.15, -0.1) is 12.4 Å². The van der Waals surface area contributed by atoms with Crippen molar-refractivity contribution in [3.05, 3.63) is 0 Å². The minimum absolute atomic E-state index is 0. The summed E-state index contributed by atoms with van der Waals surface area (Å²) in [5, 5.41) is -0.494. The van der Waals surface area contributed by atoms with Crippen molar-refractivity contribution in [3.63, 3.8) is 0 Å². The molecule has 5 nitrogen and oxygen atoms in total. The summed E-state index contributed by atoms with van der Waals surface area (Å²) in [7, 11) is -3.02. The van der Waals surface area contributed by atoms with Crippen molar-refractivity contribution < 1.29 is 13.2 Å². The molecule has 1 rings (SSSR count). The molecular formula is C8H17ClN2O3S. The lowest BCUT2D eigenvalue weighted by Crippen LogP contribution is -2.55. The third-order valence-electron chi connectivity index (χ3n) is 2.85. The first-order chi connectivity index (χ1) is 6.40. The second-order valence-corrected chi connectivity index (χ2v) is 6.08. The van der Waals surface area contributed by atoms with E-state index in [4.69, 9.17) is 5.73 Å². The van der Waals surface area contributed by atoms with E-state index in [0.717, 1.165) is 0 Å². The molecule has 0 bridgehead atoms. The number of carbonyl (C=O) groups is 1. The fourth-order valence-electron chi connectivity index (χ4n) is 1.64. The molecule has 1 fully saturated rings. The molecule has 1 saturated heterocycles. The highest BCUT2D eigenvalue weighted by Crippen LogP contribution is 2.18. The van der Waals surface area contributed by atoms with Gasteiger partial charge in [-0.3, -0.25) is 4.79 Å². The van der Waals surface area contributed by atoms with E-state index in [-0.39, 0.29) is 43.2 Å². The van der Waals surface area contributed by atoms with Crippen molar-refractivity contribution in [2.24, 2.45) is 5.73 Å². The van der Waals surface area contributed by atoms with Crippen LogP contribution in [0.3, 0.4) is 0 Å². The third kappa shape index (κ3) is 2.83. The highest BCUT2D eigenvalue weighted by atomic mass is 35.5. The van der Waals surface area contributed by atoms with Gasteiger partial charge in [0, 0.05) is 12.6 Å². The minimum Gasteiger partial charge on any atom is -0.337 e. The van der Waals surface area contributed by atoms with Gasteiger partial charge in [-0.1, -0.05) is 0 Å². The molecular weight excluding hydrogens is 240 g/mol. The molecule has 15 heavy (non-hydrogen) atoms. The van der Waals surface area contributed by atoms with Crippen LogP contribution in [0.1, 0.15) is 13.8 Å². The van der Waals surface area contributed by atoms with Gasteiger partial charge in [0.05, 0.1) is 17.5 Å². The molecule has 90 valence electrons. The number of nitrogens with two attached hydrogens (primary N) is 1. The molecule has 1 aliphatic rings. The number of rotatable bonds is 1. The molecule has 2 unspecified atom stereocenters. The lowest BCUT2D eigenvalue weighted by atomic mass is 10.2. The van der Waals surface area contributed by atoms with Crippen molar-refractivity contribution in [2.75, 3.05) is 18.8 Å². The summed E-state index contributed by atoms with van der Waals surface area (Å²) in [6.45, 7) is 3.59. The Morgan fingerprint density at radius 3 is 2.47 bits per heavy atom. The van der Waals surface area contributed by atoms with Gasteiger partial charge in [0.1, 0.15) is 0 Å². The maximum Gasteiger partial charge on any atom is 0.236 e. The summed E-state index contributed by atoms with van der Waals surface area (Å²) < 4.78 is 23.0. The maximum atomic E-state index is 11.5. The van der Waals surface area contributed by atoms with Crippen LogP contribution in [0.5, 0.6) is 0 Å². The van der Waals surface area contributed by atoms with E-state index in [1.165, 1.54) is 0 Å². The van der Waals surface area contributed by atoms with Crippen molar-refractivity contribution in [3.8, 4) is 0 Å². The van der Waals surface area contributed by atoms with Crippen LogP contribution in [0.2, 0.25) is 0 Å². The summed E-state index contributed by atoms with van der Waals surface area (Å²) in [4.78, 5) is 12.9.